The summed E-state index contributed by atoms with van der Waals surface area (Å²) in [7, 11) is 0. The SMILES string of the molecule is CC1(C)C2OCCCC2C1(N)C(=O)Nc1ccc(OC(F)(F)F)cc1.Cl. The van der Waals surface area contributed by atoms with Gasteiger partial charge in [-0.1, -0.05) is 13.8 Å². The third-order valence-corrected chi connectivity index (χ3v) is 5.41. The number of anilines is 1. The van der Waals surface area contributed by atoms with E-state index in [1.54, 1.807) is 0 Å². The van der Waals surface area contributed by atoms with Gasteiger partial charge in [0.2, 0.25) is 5.91 Å². The molecule has 1 heterocycles. The third kappa shape index (κ3) is 3.37. The molecule has 3 rings (SSSR count). The van der Waals surface area contributed by atoms with Crippen LogP contribution in [0.4, 0.5) is 18.9 Å². The van der Waals surface area contributed by atoms with E-state index in [-0.39, 0.29) is 36.1 Å². The summed E-state index contributed by atoms with van der Waals surface area (Å²) in [6, 6.07) is 4.99. The molecule has 146 valence electrons. The number of hydrogen-bond donors (Lipinski definition) is 2. The number of carbonyl (C=O) groups is 1. The van der Waals surface area contributed by atoms with Crippen LogP contribution in [-0.2, 0) is 9.53 Å². The predicted molar refractivity (Wildman–Crippen MR) is 92.2 cm³/mol. The lowest BCUT2D eigenvalue weighted by Crippen LogP contribution is -2.81. The first kappa shape index (κ1) is 20.8. The maximum atomic E-state index is 12.8. The van der Waals surface area contributed by atoms with Gasteiger partial charge in [0.15, 0.2) is 0 Å². The van der Waals surface area contributed by atoms with Crippen molar-refractivity contribution < 1.29 is 27.4 Å². The van der Waals surface area contributed by atoms with Gasteiger partial charge < -0.3 is 20.5 Å². The molecule has 0 aromatic heterocycles. The van der Waals surface area contributed by atoms with Crippen LogP contribution in [0.3, 0.4) is 0 Å². The molecule has 1 aliphatic carbocycles. The van der Waals surface area contributed by atoms with Gasteiger partial charge in [-0.2, -0.15) is 0 Å². The molecule has 1 saturated heterocycles. The number of benzene rings is 1. The van der Waals surface area contributed by atoms with Crippen molar-refractivity contribution in [3.05, 3.63) is 24.3 Å². The Morgan fingerprint density at radius 1 is 1.31 bits per heavy atom. The largest absolute Gasteiger partial charge is 0.573 e. The monoisotopic (exact) mass is 394 g/mol. The van der Waals surface area contributed by atoms with Crippen LogP contribution in [-0.4, -0.2) is 30.5 Å². The summed E-state index contributed by atoms with van der Waals surface area (Å²) in [5.41, 5.74) is 5.23. The number of nitrogens with one attached hydrogen (secondary N) is 1. The Labute approximate surface area is 155 Å². The van der Waals surface area contributed by atoms with Gasteiger partial charge in [0.25, 0.3) is 0 Å². The number of nitrogens with two attached hydrogens (primary N) is 1. The number of fused-ring (bicyclic) bond motifs is 1. The van der Waals surface area contributed by atoms with Crippen molar-refractivity contribution in [3.8, 4) is 5.75 Å². The molecular formula is C17H22ClF3N2O3. The van der Waals surface area contributed by atoms with E-state index in [2.05, 4.69) is 10.1 Å². The van der Waals surface area contributed by atoms with Gasteiger partial charge >= 0.3 is 6.36 Å². The number of alkyl halides is 3. The Bertz CT molecular complexity index is 666. The zero-order valence-corrected chi connectivity index (χ0v) is 15.2. The van der Waals surface area contributed by atoms with Crippen molar-refractivity contribution in [1.29, 1.82) is 0 Å². The molecule has 2 fully saturated rings. The minimum atomic E-state index is -4.75. The standard InChI is InChI=1S/C17H21F3N2O3.ClH/c1-15(2)13-12(4-3-9-24-13)16(15,21)14(23)22-10-5-7-11(8-6-10)25-17(18,19)20;/h5-8,12-13H,3-4,9,21H2,1-2H3,(H,22,23);1H. The molecule has 5 nitrogen and oxygen atoms in total. The zero-order valence-electron chi connectivity index (χ0n) is 14.4. The third-order valence-electron chi connectivity index (χ3n) is 5.41. The van der Waals surface area contributed by atoms with Gasteiger partial charge in [-0.05, 0) is 37.1 Å². The first-order chi connectivity index (χ1) is 11.6. The van der Waals surface area contributed by atoms with Crippen molar-refractivity contribution >= 4 is 24.0 Å². The highest BCUT2D eigenvalue weighted by atomic mass is 35.5. The second kappa shape index (κ2) is 6.90. The first-order valence-electron chi connectivity index (χ1n) is 8.13. The lowest BCUT2D eigenvalue weighted by molar-refractivity contribution is -0.274. The molecule has 1 amide bonds. The van der Waals surface area contributed by atoms with Crippen LogP contribution in [0.15, 0.2) is 24.3 Å². The van der Waals surface area contributed by atoms with Crippen LogP contribution in [0, 0.1) is 11.3 Å². The maximum absolute atomic E-state index is 12.8. The van der Waals surface area contributed by atoms with E-state index in [0.29, 0.717) is 12.3 Å². The fourth-order valence-corrected chi connectivity index (χ4v) is 4.01. The van der Waals surface area contributed by atoms with Gasteiger partial charge in [-0.25, -0.2) is 0 Å². The molecule has 0 bridgehead atoms. The summed E-state index contributed by atoms with van der Waals surface area (Å²) in [4.78, 5) is 12.8. The van der Waals surface area contributed by atoms with Crippen LogP contribution in [0.25, 0.3) is 0 Å². The van der Waals surface area contributed by atoms with Gasteiger partial charge in [-0.3, -0.25) is 4.79 Å². The fourth-order valence-electron chi connectivity index (χ4n) is 4.01. The number of amides is 1. The molecule has 0 spiro atoms. The lowest BCUT2D eigenvalue weighted by atomic mass is 9.46. The Morgan fingerprint density at radius 2 is 1.92 bits per heavy atom. The van der Waals surface area contributed by atoms with Crippen molar-refractivity contribution in [3.63, 3.8) is 0 Å². The van der Waals surface area contributed by atoms with Gasteiger partial charge in [-0.15, -0.1) is 25.6 Å². The molecule has 3 unspecified atom stereocenters. The van der Waals surface area contributed by atoms with Crippen molar-refractivity contribution in [2.24, 2.45) is 17.1 Å². The van der Waals surface area contributed by atoms with E-state index in [0.717, 1.165) is 25.0 Å². The van der Waals surface area contributed by atoms with Crippen LogP contribution >= 0.6 is 12.4 Å². The second-order valence-electron chi connectivity index (χ2n) is 7.16. The number of carbonyl (C=O) groups excluding carboxylic acids is 1. The smallest absolute Gasteiger partial charge is 0.406 e. The van der Waals surface area contributed by atoms with Gasteiger partial charge in [0.05, 0.1) is 6.10 Å². The number of rotatable bonds is 3. The van der Waals surface area contributed by atoms with Crippen LogP contribution < -0.4 is 15.8 Å². The molecule has 3 atom stereocenters. The summed E-state index contributed by atoms with van der Waals surface area (Å²) in [5, 5.41) is 2.71. The Balaban J connectivity index is 0.00000243. The minimum absolute atomic E-state index is 0. The average molecular weight is 395 g/mol. The highest BCUT2D eigenvalue weighted by Gasteiger charge is 2.70. The molecule has 0 radical (unpaired) electrons. The molecule has 2 aliphatic rings. The maximum Gasteiger partial charge on any atom is 0.573 e. The number of ether oxygens (including phenoxy) is 2. The highest BCUT2D eigenvalue weighted by Crippen LogP contribution is 2.57. The summed E-state index contributed by atoms with van der Waals surface area (Å²) >= 11 is 0. The van der Waals surface area contributed by atoms with Crippen LogP contribution in [0.5, 0.6) is 5.75 Å². The van der Waals surface area contributed by atoms with E-state index in [1.165, 1.54) is 12.1 Å². The average Bonchev–Trinajstić information content (AvgIpc) is 2.54. The molecule has 26 heavy (non-hydrogen) atoms. The Kier molecular flexibility index (Phi) is 5.52. The highest BCUT2D eigenvalue weighted by molar-refractivity contribution is 6.00. The Hall–Kier alpha value is -1.51. The van der Waals surface area contributed by atoms with Gasteiger partial charge in [0, 0.05) is 23.6 Å². The van der Waals surface area contributed by atoms with E-state index in [1.807, 2.05) is 13.8 Å². The van der Waals surface area contributed by atoms with Crippen molar-refractivity contribution in [1.82, 2.24) is 0 Å². The first-order valence-corrected chi connectivity index (χ1v) is 8.13. The lowest BCUT2D eigenvalue weighted by Gasteiger charge is -2.65. The summed E-state index contributed by atoms with van der Waals surface area (Å²) < 4.78 is 46.1. The van der Waals surface area contributed by atoms with Crippen molar-refractivity contribution in [2.45, 2.75) is 44.7 Å². The predicted octanol–water partition coefficient (Wildman–Crippen LogP) is 3.48. The molecule has 1 aromatic carbocycles. The second-order valence-corrected chi connectivity index (χ2v) is 7.16. The topological polar surface area (TPSA) is 73.6 Å². The Morgan fingerprint density at radius 3 is 2.50 bits per heavy atom. The molecule has 9 heteroatoms. The molecule has 1 saturated carbocycles. The number of hydrogen-bond acceptors (Lipinski definition) is 4. The molecule has 1 aliphatic heterocycles. The van der Waals surface area contributed by atoms with E-state index < -0.39 is 17.3 Å². The minimum Gasteiger partial charge on any atom is -0.406 e. The van der Waals surface area contributed by atoms with E-state index in [4.69, 9.17) is 10.5 Å². The van der Waals surface area contributed by atoms with Crippen LogP contribution in [0.1, 0.15) is 26.7 Å². The zero-order chi connectivity index (χ0) is 18.5. The van der Waals surface area contributed by atoms with Gasteiger partial charge in [0.1, 0.15) is 11.3 Å². The number of halogens is 4. The summed E-state index contributed by atoms with van der Waals surface area (Å²) in [6.45, 7) is 4.47. The molecule has 3 N–H and O–H groups in total. The fraction of sp³-hybridized carbons (Fsp3) is 0.588. The molecular weight excluding hydrogens is 373 g/mol. The quantitative estimate of drug-likeness (QED) is 0.823. The van der Waals surface area contributed by atoms with E-state index >= 15 is 0 Å². The van der Waals surface area contributed by atoms with E-state index in [9.17, 15) is 18.0 Å². The normalized spacial score (nSPS) is 29.6. The summed E-state index contributed by atoms with van der Waals surface area (Å²) in [6.07, 6.45) is -3.14. The van der Waals surface area contributed by atoms with Crippen molar-refractivity contribution in [2.75, 3.05) is 11.9 Å². The molecule has 1 aromatic rings. The van der Waals surface area contributed by atoms with Crippen LogP contribution in [0.2, 0.25) is 0 Å². The summed E-state index contributed by atoms with van der Waals surface area (Å²) in [5.74, 6) is -0.768.